The molecule has 0 heterocycles. The van der Waals surface area contributed by atoms with Gasteiger partial charge in [0.25, 0.3) is 0 Å². The van der Waals surface area contributed by atoms with Crippen LogP contribution < -0.4 is 0 Å². The highest BCUT2D eigenvalue weighted by Crippen LogP contribution is 2.48. The van der Waals surface area contributed by atoms with Crippen molar-refractivity contribution in [3.8, 4) is 0 Å². The molecule has 1 aliphatic rings. The highest BCUT2D eigenvalue weighted by Gasteiger charge is 2.48. The molecule has 34 heavy (non-hydrogen) atoms. The molecule has 1 aliphatic carbocycles. The van der Waals surface area contributed by atoms with Gasteiger partial charge in [0.05, 0.1) is 30.9 Å². The summed E-state index contributed by atoms with van der Waals surface area (Å²) in [6, 6.07) is 7.08. The summed E-state index contributed by atoms with van der Waals surface area (Å²) >= 11 is 5.59. The number of rotatable bonds is 8. The van der Waals surface area contributed by atoms with Gasteiger partial charge in [0, 0.05) is 0 Å². The fourth-order valence-electron chi connectivity index (χ4n) is 4.25. The van der Waals surface area contributed by atoms with Crippen LogP contribution in [-0.4, -0.2) is 27.3 Å². The minimum absolute atomic E-state index is 0.109. The molecule has 0 aromatic heterocycles. The van der Waals surface area contributed by atoms with Gasteiger partial charge in [-0.05, 0) is 87.8 Å². The van der Waals surface area contributed by atoms with Gasteiger partial charge in [0.15, 0.2) is 19.7 Å². The van der Waals surface area contributed by atoms with Gasteiger partial charge in [0.2, 0.25) is 0 Å². The summed E-state index contributed by atoms with van der Waals surface area (Å²) in [5, 5.41) is -0.165. The zero-order valence-corrected chi connectivity index (χ0v) is 21.0. The second kappa shape index (κ2) is 9.43. The van der Waals surface area contributed by atoms with E-state index in [0.717, 1.165) is 18.2 Å². The summed E-state index contributed by atoms with van der Waals surface area (Å²) in [7, 11) is -7.72. The third-order valence-corrected chi connectivity index (χ3v) is 11.4. The van der Waals surface area contributed by atoms with Crippen LogP contribution in [0.2, 0.25) is 5.02 Å². The van der Waals surface area contributed by atoms with E-state index in [4.69, 9.17) is 11.6 Å². The topological polar surface area (TPSA) is 68.3 Å². The lowest BCUT2D eigenvalue weighted by atomic mass is 9.67. The van der Waals surface area contributed by atoms with Crippen LogP contribution in [0.5, 0.6) is 0 Å². The molecule has 11 heteroatoms. The third-order valence-electron chi connectivity index (χ3n) is 6.66. The molecular weight excluding hydrogens is 516 g/mol. The SMILES string of the molecule is CC(C)(C1CC(CCCS(=O)(=O)c2ccc(Cl)c(F)c2)C1)S(=O)(=O)c1cccc(C(F)(F)F)c1. The quantitative estimate of drug-likeness (QED) is 0.367. The van der Waals surface area contributed by atoms with Gasteiger partial charge in [-0.3, -0.25) is 0 Å². The van der Waals surface area contributed by atoms with Crippen LogP contribution in [-0.2, 0) is 25.9 Å². The van der Waals surface area contributed by atoms with Crippen LogP contribution in [0.3, 0.4) is 0 Å². The lowest BCUT2D eigenvalue weighted by molar-refractivity contribution is -0.137. The number of sulfone groups is 2. The molecule has 2 aromatic carbocycles. The minimum atomic E-state index is -4.64. The van der Waals surface area contributed by atoms with Gasteiger partial charge in [-0.15, -0.1) is 0 Å². The Morgan fingerprint density at radius 2 is 1.62 bits per heavy atom. The van der Waals surface area contributed by atoms with E-state index in [1.165, 1.54) is 32.0 Å². The van der Waals surface area contributed by atoms with Crippen molar-refractivity contribution in [1.29, 1.82) is 0 Å². The average Bonchev–Trinajstić information content (AvgIpc) is 2.70. The second-order valence-corrected chi connectivity index (χ2v) is 14.3. The highest BCUT2D eigenvalue weighted by molar-refractivity contribution is 7.92. The van der Waals surface area contributed by atoms with Crippen molar-refractivity contribution < 1.29 is 34.4 Å². The first-order valence-electron chi connectivity index (χ1n) is 10.7. The normalized spacial score (nSPS) is 19.6. The van der Waals surface area contributed by atoms with Crippen LogP contribution in [0.4, 0.5) is 17.6 Å². The largest absolute Gasteiger partial charge is 0.416 e. The number of benzene rings is 2. The predicted molar refractivity (Wildman–Crippen MR) is 122 cm³/mol. The summed E-state index contributed by atoms with van der Waals surface area (Å²) in [6.07, 6.45) is -2.72. The fourth-order valence-corrected chi connectivity index (χ4v) is 7.49. The van der Waals surface area contributed by atoms with E-state index in [0.29, 0.717) is 31.7 Å². The van der Waals surface area contributed by atoms with E-state index in [1.54, 1.807) is 0 Å². The monoisotopic (exact) mass is 540 g/mol. The third kappa shape index (κ3) is 5.44. The Morgan fingerprint density at radius 1 is 0.971 bits per heavy atom. The van der Waals surface area contributed by atoms with Crippen LogP contribution in [0.1, 0.15) is 45.1 Å². The van der Waals surface area contributed by atoms with E-state index >= 15 is 0 Å². The van der Waals surface area contributed by atoms with Crippen molar-refractivity contribution in [1.82, 2.24) is 0 Å². The first-order chi connectivity index (χ1) is 15.6. The second-order valence-electron chi connectivity index (χ2n) is 9.20. The van der Waals surface area contributed by atoms with Crippen LogP contribution >= 0.6 is 11.6 Å². The van der Waals surface area contributed by atoms with E-state index in [9.17, 15) is 34.4 Å². The molecular formula is C23H25ClF4O4S2. The Hall–Kier alpha value is -1.65. The molecule has 0 unspecified atom stereocenters. The van der Waals surface area contributed by atoms with Crippen LogP contribution in [0.25, 0.3) is 0 Å². The Morgan fingerprint density at radius 3 is 2.21 bits per heavy atom. The number of hydrogen-bond acceptors (Lipinski definition) is 4. The van der Waals surface area contributed by atoms with Crippen LogP contribution in [0.15, 0.2) is 52.3 Å². The van der Waals surface area contributed by atoms with Crippen LogP contribution in [0, 0.1) is 17.7 Å². The van der Waals surface area contributed by atoms with Gasteiger partial charge in [-0.1, -0.05) is 17.7 Å². The lowest BCUT2D eigenvalue weighted by Gasteiger charge is -2.45. The summed E-state index contributed by atoms with van der Waals surface area (Å²) in [5.74, 6) is -1.15. The number of hydrogen-bond donors (Lipinski definition) is 0. The average molecular weight is 541 g/mol. The molecule has 3 rings (SSSR count). The van der Waals surface area contributed by atoms with E-state index in [2.05, 4.69) is 0 Å². The van der Waals surface area contributed by atoms with Gasteiger partial charge in [0.1, 0.15) is 5.82 Å². The van der Waals surface area contributed by atoms with Gasteiger partial charge < -0.3 is 0 Å². The molecule has 0 aliphatic heterocycles. The zero-order chi connectivity index (χ0) is 25.5. The first-order valence-corrected chi connectivity index (χ1v) is 14.2. The maximum absolute atomic E-state index is 13.6. The maximum atomic E-state index is 13.6. The summed E-state index contributed by atoms with van der Waals surface area (Å²) in [6.45, 7) is 3.03. The van der Waals surface area contributed by atoms with Gasteiger partial charge >= 0.3 is 6.18 Å². The van der Waals surface area contributed by atoms with Crippen molar-refractivity contribution in [3.63, 3.8) is 0 Å². The summed E-state index contributed by atoms with van der Waals surface area (Å²) < 4.78 is 103. The molecule has 188 valence electrons. The Kier molecular flexibility index (Phi) is 7.47. The standard InChI is InChI=1S/C23H25ClF4O4S2/c1-22(2,34(31,32)19-7-3-6-16(13-19)23(26,27)28)17-11-15(12-17)5-4-10-33(29,30)18-8-9-20(24)21(25)14-18/h3,6-9,13-15,17H,4-5,10-12H2,1-2H3. The molecule has 0 spiro atoms. The van der Waals surface area contributed by atoms with Crippen molar-refractivity contribution in [2.24, 2.45) is 11.8 Å². The van der Waals surface area contributed by atoms with E-state index in [1.807, 2.05) is 0 Å². The molecule has 0 amide bonds. The predicted octanol–water partition coefficient (Wildman–Crippen LogP) is 6.33. The van der Waals surface area contributed by atoms with E-state index < -0.39 is 42.0 Å². The Bertz CT molecular complexity index is 1270. The smallest absolute Gasteiger partial charge is 0.224 e. The molecule has 0 radical (unpaired) electrons. The molecule has 1 fully saturated rings. The molecule has 0 N–H and O–H groups in total. The zero-order valence-electron chi connectivity index (χ0n) is 18.6. The number of alkyl halides is 3. The van der Waals surface area contributed by atoms with E-state index in [-0.39, 0.29) is 32.4 Å². The summed E-state index contributed by atoms with van der Waals surface area (Å²) in [4.78, 5) is -0.508. The molecule has 2 aromatic rings. The van der Waals surface area contributed by atoms with Crippen molar-refractivity contribution >= 4 is 31.3 Å². The number of halogens is 5. The first kappa shape index (κ1) is 26.9. The lowest BCUT2D eigenvalue weighted by Crippen LogP contribution is -2.46. The molecule has 0 bridgehead atoms. The summed E-state index contributed by atoms with van der Waals surface area (Å²) in [5.41, 5.74) is -1.02. The van der Waals surface area contributed by atoms with Crippen molar-refractivity contribution in [2.45, 2.75) is 60.2 Å². The van der Waals surface area contributed by atoms with Gasteiger partial charge in [-0.2, -0.15) is 13.2 Å². The minimum Gasteiger partial charge on any atom is -0.224 e. The molecule has 0 saturated heterocycles. The Balaban J connectivity index is 1.59. The maximum Gasteiger partial charge on any atom is 0.416 e. The molecule has 0 atom stereocenters. The van der Waals surface area contributed by atoms with Crippen molar-refractivity contribution in [3.05, 3.63) is 58.9 Å². The Labute approximate surface area is 202 Å². The molecule has 4 nitrogen and oxygen atoms in total. The fraction of sp³-hybridized carbons (Fsp3) is 0.478. The molecule has 1 saturated carbocycles. The van der Waals surface area contributed by atoms with Gasteiger partial charge in [-0.25, -0.2) is 21.2 Å². The highest BCUT2D eigenvalue weighted by atomic mass is 35.5. The van der Waals surface area contributed by atoms with Crippen molar-refractivity contribution in [2.75, 3.05) is 5.75 Å².